The van der Waals surface area contributed by atoms with Crippen LogP contribution >= 0.6 is 0 Å². The summed E-state index contributed by atoms with van der Waals surface area (Å²) in [6.07, 6.45) is 5.84. The molecule has 1 aliphatic carbocycles. The summed E-state index contributed by atoms with van der Waals surface area (Å²) in [5, 5.41) is 11.6. The quantitative estimate of drug-likeness (QED) is 0.568. The fraction of sp³-hybridized carbons (Fsp3) is 0.444. The van der Waals surface area contributed by atoms with E-state index < -0.39 is 27.9 Å². The van der Waals surface area contributed by atoms with Crippen molar-refractivity contribution < 1.29 is 23.1 Å². The number of allylic oxidation sites excluding steroid dienone is 1. The molecular weight excluding hydrogens is 356 g/mol. The molecule has 0 spiro atoms. The minimum absolute atomic E-state index is 0.00461. The maximum atomic E-state index is 12.5. The largest absolute Gasteiger partial charge is 0.480 e. The molecule has 1 saturated carbocycles. The van der Waals surface area contributed by atoms with Crippen molar-refractivity contribution in [2.24, 2.45) is 0 Å². The van der Waals surface area contributed by atoms with E-state index in [1.165, 1.54) is 24.3 Å². The number of rotatable bonds is 9. The Morgan fingerprint density at radius 2 is 2.00 bits per heavy atom. The first-order valence-electron chi connectivity index (χ1n) is 8.60. The van der Waals surface area contributed by atoms with Crippen LogP contribution in [0.5, 0.6) is 0 Å². The predicted molar refractivity (Wildman–Crippen MR) is 97.3 cm³/mol. The summed E-state index contributed by atoms with van der Waals surface area (Å²) in [4.78, 5) is 23.6. The molecule has 2 rings (SSSR count). The molecule has 1 atom stereocenters. The molecule has 0 aliphatic heterocycles. The van der Waals surface area contributed by atoms with Gasteiger partial charge in [0.15, 0.2) is 0 Å². The molecular formula is C18H24N2O5S. The molecule has 0 aromatic heterocycles. The summed E-state index contributed by atoms with van der Waals surface area (Å²) in [6.45, 7) is 3.53. The van der Waals surface area contributed by atoms with Crippen molar-refractivity contribution in [3.63, 3.8) is 0 Å². The number of nitrogens with one attached hydrogen (secondary N) is 2. The number of carbonyl (C=O) groups excluding carboxylic acids is 1. The number of sulfonamides is 1. The zero-order valence-corrected chi connectivity index (χ0v) is 15.3. The fourth-order valence-electron chi connectivity index (χ4n) is 2.92. The van der Waals surface area contributed by atoms with E-state index in [9.17, 15) is 23.1 Å². The number of carboxylic acid groups (broad SMARTS) is 1. The molecule has 7 nitrogen and oxygen atoms in total. The van der Waals surface area contributed by atoms with Gasteiger partial charge in [0.05, 0.1) is 4.90 Å². The first kappa shape index (κ1) is 20.1. The van der Waals surface area contributed by atoms with E-state index in [1.54, 1.807) is 6.08 Å². The standard InChI is InChI=1S/C18H24N2O5S/c1-2-3-11-16(18(22)23)19-17(21)13-7-6-10-15(12-13)26(24,25)20-14-8-4-5-9-14/h2,6-7,10,12,14,16,20H,1,3-5,8-9,11H2,(H,19,21)(H,22,23). The van der Waals surface area contributed by atoms with E-state index in [4.69, 9.17) is 0 Å². The van der Waals surface area contributed by atoms with Crippen molar-refractivity contribution in [1.82, 2.24) is 10.0 Å². The van der Waals surface area contributed by atoms with Crippen LogP contribution in [-0.2, 0) is 14.8 Å². The number of hydrogen-bond acceptors (Lipinski definition) is 4. The van der Waals surface area contributed by atoms with Crippen molar-refractivity contribution in [1.29, 1.82) is 0 Å². The summed E-state index contributed by atoms with van der Waals surface area (Å²) in [5.41, 5.74) is 0.101. The molecule has 1 aromatic carbocycles. The van der Waals surface area contributed by atoms with Crippen LogP contribution in [0.15, 0.2) is 41.8 Å². The van der Waals surface area contributed by atoms with Crippen LogP contribution in [0.1, 0.15) is 48.9 Å². The second kappa shape index (κ2) is 8.95. The Morgan fingerprint density at radius 3 is 2.62 bits per heavy atom. The molecule has 0 radical (unpaired) electrons. The summed E-state index contributed by atoms with van der Waals surface area (Å²) in [7, 11) is -3.72. The van der Waals surface area contributed by atoms with Gasteiger partial charge in [-0.1, -0.05) is 25.0 Å². The Morgan fingerprint density at radius 1 is 1.31 bits per heavy atom. The van der Waals surface area contributed by atoms with Gasteiger partial charge in [-0.25, -0.2) is 17.9 Å². The first-order valence-corrected chi connectivity index (χ1v) is 10.1. The number of carbonyl (C=O) groups is 2. The zero-order valence-electron chi connectivity index (χ0n) is 14.5. The lowest BCUT2D eigenvalue weighted by Gasteiger charge is -2.15. The molecule has 1 fully saturated rings. The normalized spacial score (nSPS) is 16.2. The van der Waals surface area contributed by atoms with Gasteiger partial charge >= 0.3 is 5.97 Å². The molecule has 1 aliphatic rings. The number of amides is 1. The van der Waals surface area contributed by atoms with E-state index in [0.717, 1.165) is 25.7 Å². The van der Waals surface area contributed by atoms with Crippen molar-refractivity contribution in [3.05, 3.63) is 42.5 Å². The van der Waals surface area contributed by atoms with Crippen molar-refractivity contribution >= 4 is 21.9 Å². The van der Waals surface area contributed by atoms with Gasteiger partial charge in [0.2, 0.25) is 10.0 Å². The highest BCUT2D eigenvalue weighted by Gasteiger charge is 2.24. The number of carboxylic acids is 1. The topological polar surface area (TPSA) is 113 Å². The average Bonchev–Trinajstić information content (AvgIpc) is 3.10. The van der Waals surface area contributed by atoms with Crippen LogP contribution in [0.2, 0.25) is 0 Å². The molecule has 1 unspecified atom stereocenters. The Balaban J connectivity index is 2.12. The predicted octanol–water partition coefficient (Wildman–Crippen LogP) is 2.06. The minimum Gasteiger partial charge on any atom is -0.480 e. The maximum Gasteiger partial charge on any atom is 0.326 e. The lowest BCUT2D eigenvalue weighted by molar-refractivity contribution is -0.139. The SMILES string of the molecule is C=CCCC(NC(=O)c1cccc(S(=O)(=O)NC2CCCC2)c1)C(=O)O. The maximum absolute atomic E-state index is 12.5. The molecule has 0 heterocycles. The van der Waals surface area contributed by atoms with E-state index in [0.29, 0.717) is 6.42 Å². The Hall–Kier alpha value is -2.19. The number of aliphatic carboxylic acids is 1. The lowest BCUT2D eigenvalue weighted by Crippen LogP contribution is -2.40. The van der Waals surface area contributed by atoms with Crippen LogP contribution in [0, 0.1) is 0 Å². The molecule has 1 amide bonds. The van der Waals surface area contributed by atoms with Gasteiger partial charge in [-0.05, 0) is 43.9 Å². The van der Waals surface area contributed by atoms with Crippen LogP contribution in [-0.4, -0.2) is 37.5 Å². The van der Waals surface area contributed by atoms with Crippen molar-refractivity contribution in [2.45, 2.75) is 55.5 Å². The van der Waals surface area contributed by atoms with Gasteiger partial charge in [-0.2, -0.15) is 0 Å². The molecule has 1 aromatic rings. The number of hydrogen-bond donors (Lipinski definition) is 3. The molecule has 8 heteroatoms. The fourth-order valence-corrected chi connectivity index (χ4v) is 4.27. The van der Waals surface area contributed by atoms with E-state index in [-0.39, 0.29) is 22.9 Å². The summed E-state index contributed by atoms with van der Waals surface area (Å²) >= 11 is 0. The van der Waals surface area contributed by atoms with Gasteiger partial charge in [-0.3, -0.25) is 4.79 Å². The number of benzene rings is 1. The van der Waals surface area contributed by atoms with E-state index in [2.05, 4.69) is 16.6 Å². The van der Waals surface area contributed by atoms with Crippen molar-refractivity contribution in [3.8, 4) is 0 Å². The minimum atomic E-state index is -3.72. The highest BCUT2D eigenvalue weighted by molar-refractivity contribution is 7.89. The zero-order chi connectivity index (χ0) is 19.2. The van der Waals surface area contributed by atoms with Gasteiger partial charge in [0, 0.05) is 11.6 Å². The third kappa shape index (κ3) is 5.40. The molecule has 3 N–H and O–H groups in total. The third-order valence-electron chi connectivity index (χ3n) is 4.35. The van der Waals surface area contributed by atoms with Gasteiger partial charge in [-0.15, -0.1) is 6.58 Å². The van der Waals surface area contributed by atoms with Gasteiger partial charge in [0.25, 0.3) is 5.91 Å². The highest BCUT2D eigenvalue weighted by Crippen LogP contribution is 2.21. The first-order chi connectivity index (χ1) is 12.3. The van der Waals surface area contributed by atoms with Crippen LogP contribution in [0.4, 0.5) is 0 Å². The van der Waals surface area contributed by atoms with Crippen LogP contribution < -0.4 is 10.0 Å². The molecule has 0 saturated heterocycles. The monoisotopic (exact) mass is 380 g/mol. The Labute approximate surface area is 153 Å². The second-order valence-electron chi connectivity index (χ2n) is 6.36. The average molecular weight is 380 g/mol. The summed E-state index contributed by atoms with van der Waals surface area (Å²) in [5.74, 6) is -1.77. The van der Waals surface area contributed by atoms with Crippen LogP contribution in [0.3, 0.4) is 0 Å². The van der Waals surface area contributed by atoms with E-state index >= 15 is 0 Å². The smallest absolute Gasteiger partial charge is 0.326 e. The van der Waals surface area contributed by atoms with E-state index in [1.807, 2.05) is 0 Å². The summed E-state index contributed by atoms with van der Waals surface area (Å²) < 4.78 is 27.6. The molecule has 142 valence electrons. The Bertz CT molecular complexity index is 770. The van der Waals surface area contributed by atoms with Crippen molar-refractivity contribution in [2.75, 3.05) is 0 Å². The van der Waals surface area contributed by atoms with Gasteiger partial charge in [0.1, 0.15) is 6.04 Å². The third-order valence-corrected chi connectivity index (χ3v) is 5.86. The lowest BCUT2D eigenvalue weighted by atomic mass is 10.1. The highest BCUT2D eigenvalue weighted by atomic mass is 32.2. The molecule has 0 bridgehead atoms. The Kier molecular flexibility index (Phi) is 6.93. The van der Waals surface area contributed by atoms with Gasteiger partial charge < -0.3 is 10.4 Å². The summed E-state index contributed by atoms with van der Waals surface area (Å²) in [6, 6.07) is 4.47. The van der Waals surface area contributed by atoms with Crippen LogP contribution in [0.25, 0.3) is 0 Å². The second-order valence-corrected chi connectivity index (χ2v) is 8.07. The molecule has 26 heavy (non-hydrogen) atoms.